The minimum atomic E-state index is 0.223. The van der Waals surface area contributed by atoms with Crippen molar-refractivity contribution in [1.82, 2.24) is 0 Å². The van der Waals surface area contributed by atoms with Gasteiger partial charge in [-0.15, -0.1) is 0 Å². The largest absolute Gasteiger partial charge is 0.374 e. The lowest BCUT2D eigenvalue weighted by atomic mass is 10.1. The van der Waals surface area contributed by atoms with Gasteiger partial charge in [0.05, 0.1) is 0 Å². The van der Waals surface area contributed by atoms with Gasteiger partial charge in [-0.1, -0.05) is 27.2 Å². The maximum absolute atomic E-state index is 11.1. The molecule has 0 N–H and O–H groups in total. The van der Waals surface area contributed by atoms with Gasteiger partial charge >= 0.3 is 0 Å². The second-order valence-electron chi connectivity index (χ2n) is 3.54. The number of hydrogen-bond acceptors (Lipinski definition) is 2. The maximum Gasteiger partial charge on any atom is 0.158 e. The van der Waals surface area contributed by atoms with Crippen LogP contribution in [0.3, 0.4) is 0 Å². The Morgan fingerprint density at radius 3 is 2.58 bits per heavy atom. The molecule has 0 aliphatic rings. The summed E-state index contributed by atoms with van der Waals surface area (Å²) in [5.74, 6) is 0.674. The van der Waals surface area contributed by atoms with Crippen molar-refractivity contribution in [1.29, 1.82) is 0 Å². The molecule has 0 saturated heterocycles. The van der Waals surface area contributed by atoms with Crippen LogP contribution in [0.2, 0.25) is 0 Å². The number of ketones is 1. The predicted octanol–water partition coefficient (Wildman–Crippen LogP) is 2.42. The van der Waals surface area contributed by atoms with E-state index in [1.54, 1.807) is 0 Å². The van der Waals surface area contributed by atoms with Gasteiger partial charge in [-0.05, 0) is 12.3 Å². The summed E-state index contributed by atoms with van der Waals surface area (Å²) in [5, 5.41) is 0. The van der Waals surface area contributed by atoms with E-state index in [1.165, 1.54) is 0 Å². The fourth-order valence-electron chi connectivity index (χ4n) is 0.947. The van der Waals surface area contributed by atoms with Gasteiger partial charge in [0.25, 0.3) is 0 Å². The molecule has 0 unspecified atom stereocenters. The smallest absolute Gasteiger partial charge is 0.158 e. The molecule has 0 atom stereocenters. The topological polar surface area (TPSA) is 26.3 Å². The van der Waals surface area contributed by atoms with E-state index in [2.05, 4.69) is 6.92 Å². The zero-order chi connectivity index (χ0) is 9.40. The van der Waals surface area contributed by atoms with Gasteiger partial charge in [0.2, 0.25) is 0 Å². The molecule has 0 aliphatic heterocycles. The molecule has 0 radical (unpaired) electrons. The second kappa shape index (κ2) is 7.29. The zero-order valence-electron chi connectivity index (χ0n) is 8.43. The van der Waals surface area contributed by atoms with E-state index in [0.717, 1.165) is 19.4 Å². The molecule has 0 spiro atoms. The van der Waals surface area contributed by atoms with Crippen LogP contribution >= 0.6 is 0 Å². The standard InChI is InChI=1S/C10H20O2/c1-4-5-6-12-8-10(11)7-9(2)3/h9H,4-8H2,1-3H3. The fourth-order valence-corrected chi connectivity index (χ4v) is 0.947. The van der Waals surface area contributed by atoms with Crippen molar-refractivity contribution < 1.29 is 9.53 Å². The van der Waals surface area contributed by atoms with Crippen molar-refractivity contribution in [2.45, 2.75) is 40.0 Å². The van der Waals surface area contributed by atoms with Crippen molar-refractivity contribution in [3.05, 3.63) is 0 Å². The number of ether oxygens (including phenoxy) is 1. The first-order valence-electron chi connectivity index (χ1n) is 4.76. The Morgan fingerprint density at radius 2 is 2.08 bits per heavy atom. The summed E-state index contributed by atoms with van der Waals surface area (Å²) >= 11 is 0. The van der Waals surface area contributed by atoms with Crippen LogP contribution in [0, 0.1) is 5.92 Å². The number of Topliss-reactive ketones (excluding diaryl/α,β-unsaturated/α-hetero) is 1. The van der Waals surface area contributed by atoms with Crippen molar-refractivity contribution in [2.75, 3.05) is 13.2 Å². The van der Waals surface area contributed by atoms with Crippen LogP contribution in [0.15, 0.2) is 0 Å². The second-order valence-corrected chi connectivity index (χ2v) is 3.54. The highest BCUT2D eigenvalue weighted by Crippen LogP contribution is 2.00. The van der Waals surface area contributed by atoms with Crippen LogP contribution in [-0.2, 0) is 9.53 Å². The number of unbranched alkanes of at least 4 members (excludes halogenated alkanes) is 1. The zero-order valence-corrected chi connectivity index (χ0v) is 8.43. The Hall–Kier alpha value is -0.370. The van der Waals surface area contributed by atoms with E-state index < -0.39 is 0 Å². The fraction of sp³-hybridized carbons (Fsp3) is 0.900. The van der Waals surface area contributed by atoms with E-state index in [1.807, 2.05) is 13.8 Å². The van der Waals surface area contributed by atoms with Crippen molar-refractivity contribution in [2.24, 2.45) is 5.92 Å². The quantitative estimate of drug-likeness (QED) is 0.551. The molecule has 0 aromatic heterocycles. The molecule has 0 bridgehead atoms. The van der Waals surface area contributed by atoms with Crippen LogP contribution in [-0.4, -0.2) is 19.0 Å². The summed E-state index contributed by atoms with van der Waals surface area (Å²) < 4.78 is 5.19. The summed E-state index contributed by atoms with van der Waals surface area (Å²) in [7, 11) is 0. The lowest BCUT2D eigenvalue weighted by Gasteiger charge is -2.04. The number of hydrogen-bond donors (Lipinski definition) is 0. The maximum atomic E-state index is 11.1. The highest BCUT2D eigenvalue weighted by molar-refractivity contribution is 5.79. The molecule has 0 aliphatic carbocycles. The van der Waals surface area contributed by atoms with Gasteiger partial charge in [0.15, 0.2) is 5.78 Å². The van der Waals surface area contributed by atoms with Gasteiger partial charge < -0.3 is 4.74 Å². The minimum absolute atomic E-state index is 0.223. The third-order valence-electron chi connectivity index (χ3n) is 1.54. The minimum Gasteiger partial charge on any atom is -0.374 e. The molecule has 72 valence electrons. The summed E-state index contributed by atoms with van der Waals surface area (Å²) in [5.41, 5.74) is 0. The van der Waals surface area contributed by atoms with Crippen LogP contribution < -0.4 is 0 Å². The van der Waals surface area contributed by atoms with Gasteiger partial charge in [0, 0.05) is 13.0 Å². The van der Waals surface area contributed by atoms with Crippen LogP contribution in [0.5, 0.6) is 0 Å². The Labute approximate surface area is 75.3 Å². The average molecular weight is 172 g/mol. The van der Waals surface area contributed by atoms with Gasteiger partial charge in [-0.25, -0.2) is 0 Å². The molecule has 2 heteroatoms. The Bertz CT molecular complexity index is 119. The molecule has 0 amide bonds. The Kier molecular flexibility index (Phi) is 7.06. The molecular weight excluding hydrogens is 152 g/mol. The van der Waals surface area contributed by atoms with Crippen LogP contribution in [0.1, 0.15) is 40.0 Å². The monoisotopic (exact) mass is 172 g/mol. The first-order chi connectivity index (χ1) is 5.66. The molecule has 0 heterocycles. The molecule has 12 heavy (non-hydrogen) atoms. The van der Waals surface area contributed by atoms with E-state index >= 15 is 0 Å². The highest BCUT2D eigenvalue weighted by atomic mass is 16.5. The molecule has 0 saturated carbocycles. The highest BCUT2D eigenvalue weighted by Gasteiger charge is 2.04. The van der Waals surface area contributed by atoms with E-state index in [9.17, 15) is 4.79 Å². The summed E-state index contributed by atoms with van der Waals surface area (Å²) in [6.07, 6.45) is 2.82. The number of carbonyl (C=O) groups is 1. The van der Waals surface area contributed by atoms with Crippen molar-refractivity contribution in [3.8, 4) is 0 Å². The van der Waals surface area contributed by atoms with Gasteiger partial charge in [-0.2, -0.15) is 0 Å². The first-order valence-corrected chi connectivity index (χ1v) is 4.76. The first kappa shape index (κ1) is 11.6. The van der Waals surface area contributed by atoms with E-state index in [-0.39, 0.29) is 5.78 Å². The lowest BCUT2D eigenvalue weighted by molar-refractivity contribution is -0.124. The van der Waals surface area contributed by atoms with Crippen LogP contribution in [0.25, 0.3) is 0 Å². The molecule has 0 aromatic rings. The van der Waals surface area contributed by atoms with Gasteiger partial charge in [0.1, 0.15) is 6.61 Å². The van der Waals surface area contributed by atoms with Crippen molar-refractivity contribution in [3.63, 3.8) is 0 Å². The Balaban J connectivity index is 3.20. The molecule has 2 nitrogen and oxygen atoms in total. The van der Waals surface area contributed by atoms with Crippen molar-refractivity contribution >= 4 is 5.78 Å². The third kappa shape index (κ3) is 7.73. The Morgan fingerprint density at radius 1 is 1.42 bits per heavy atom. The summed E-state index contributed by atoms with van der Waals surface area (Å²) in [6, 6.07) is 0. The summed E-state index contributed by atoms with van der Waals surface area (Å²) in [6.45, 7) is 7.23. The number of carbonyl (C=O) groups excluding carboxylic acids is 1. The van der Waals surface area contributed by atoms with Crippen LogP contribution in [0.4, 0.5) is 0 Å². The van der Waals surface area contributed by atoms with E-state index in [4.69, 9.17) is 4.74 Å². The molecular formula is C10H20O2. The van der Waals surface area contributed by atoms with Gasteiger partial charge in [-0.3, -0.25) is 4.79 Å². The lowest BCUT2D eigenvalue weighted by Crippen LogP contribution is -2.11. The SMILES string of the molecule is CCCCOCC(=O)CC(C)C. The molecule has 0 aromatic carbocycles. The molecule has 0 fully saturated rings. The average Bonchev–Trinajstić information content (AvgIpc) is 1.97. The third-order valence-corrected chi connectivity index (χ3v) is 1.54. The normalized spacial score (nSPS) is 10.7. The molecule has 0 rings (SSSR count). The number of rotatable bonds is 7. The van der Waals surface area contributed by atoms with E-state index in [0.29, 0.717) is 18.9 Å². The predicted molar refractivity (Wildman–Crippen MR) is 50.2 cm³/mol. The summed E-state index contributed by atoms with van der Waals surface area (Å²) in [4.78, 5) is 11.1.